The maximum atomic E-state index is 13.4. The summed E-state index contributed by atoms with van der Waals surface area (Å²) in [6, 6.07) is 4.74. The predicted octanol–water partition coefficient (Wildman–Crippen LogP) is 4.28. The van der Waals surface area contributed by atoms with E-state index in [4.69, 9.17) is 4.74 Å². The summed E-state index contributed by atoms with van der Waals surface area (Å²) in [5.74, 6) is 0.564. The Morgan fingerprint density at radius 3 is 2.37 bits per heavy atom. The molecule has 0 aliphatic heterocycles. The van der Waals surface area contributed by atoms with Crippen LogP contribution in [-0.2, 0) is 6.54 Å². The van der Waals surface area contributed by atoms with Gasteiger partial charge in [-0.3, -0.25) is 0 Å². The molecule has 1 N–H and O–H groups in total. The molecule has 0 saturated heterocycles. The van der Waals surface area contributed by atoms with E-state index in [9.17, 15) is 4.39 Å². The fourth-order valence-electron chi connectivity index (χ4n) is 1.80. The first-order chi connectivity index (χ1) is 8.85. The second-order valence-corrected chi connectivity index (χ2v) is 5.91. The topological polar surface area (TPSA) is 21.3 Å². The Morgan fingerprint density at radius 1 is 1.21 bits per heavy atom. The lowest BCUT2D eigenvalue weighted by Crippen LogP contribution is -2.35. The van der Waals surface area contributed by atoms with Crippen LogP contribution in [-0.4, -0.2) is 11.6 Å². The van der Waals surface area contributed by atoms with E-state index in [-0.39, 0.29) is 17.5 Å². The molecule has 0 heterocycles. The van der Waals surface area contributed by atoms with E-state index in [0.29, 0.717) is 6.54 Å². The largest absolute Gasteiger partial charge is 0.490 e. The fraction of sp³-hybridized carbons (Fsp3) is 0.625. The zero-order valence-electron chi connectivity index (χ0n) is 12.7. The monoisotopic (exact) mass is 267 g/mol. The molecule has 0 fully saturated rings. The van der Waals surface area contributed by atoms with Gasteiger partial charge in [0.05, 0.1) is 6.10 Å². The predicted molar refractivity (Wildman–Crippen MR) is 78.0 cm³/mol. The first-order valence-electron chi connectivity index (χ1n) is 7.05. The van der Waals surface area contributed by atoms with Crippen LogP contribution in [0.2, 0.25) is 0 Å². The van der Waals surface area contributed by atoms with E-state index in [2.05, 4.69) is 39.9 Å². The molecule has 108 valence electrons. The summed E-state index contributed by atoms with van der Waals surface area (Å²) in [5.41, 5.74) is 0.875. The van der Waals surface area contributed by atoms with Crippen molar-refractivity contribution < 1.29 is 9.13 Å². The number of benzene rings is 1. The summed E-state index contributed by atoms with van der Waals surface area (Å²) in [5, 5.41) is 3.37. The Bertz CT molecular complexity index is 394. The van der Waals surface area contributed by atoms with Gasteiger partial charge in [-0.1, -0.05) is 13.8 Å². The molecule has 0 amide bonds. The average Bonchev–Trinajstić information content (AvgIpc) is 2.34. The van der Waals surface area contributed by atoms with E-state index in [1.165, 1.54) is 6.07 Å². The van der Waals surface area contributed by atoms with Gasteiger partial charge in [-0.2, -0.15) is 0 Å². The zero-order chi connectivity index (χ0) is 14.5. The van der Waals surface area contributed by atoms with Crippen molar-refractivity contribution in [3.8, 4) is 5.75 Å². The minimum absolute atomic E-state index is 0.00149. The standard InChI is InChI=1S/C16H26FNO/c1-6-14(7-2)19-15-9-8-13(17)10-12(15)11-18-16(3,4)5/h8-10,14,18H,6-7,11H2,1-5H3. The Hall–Kier alpha value is -1.09. The normalized spacial score (nSPS) is 11.9. The van der Waals surface area contributed by atoms with Gasteiger partial charge in [-0.15, -0.1) is 0 Å². The summed E-state index contributed by atoms with van der Waals surface area (Å²) >= 11 is 0. The van der Waals surface area contributed by atoms with Crippen molar-refractivity contribution in [2.45, 2.75) is 65.6 Å². The number of hydrogen-bond acceptors (Lipinski definition) is 2. The van der Waals surface area contributed by atoms with Crippen molar-refractivity contribution in [3.05, 3.63) is 29.6 Å². The van der Waals surface area contributed by atoms with Crippen LogP contribution in [0, 0.1) is 5.82 Å². The highest BCUT2D eigenvalue weighted by Crippen LogP contribution is 2.23. The first kappa shape index (κ1) is 16.0. The van der Waals surface area contributed by atoms with Crippen molar-refractivity contribution in [1.29, 1.82) is 0 Å². The van der Waals surface area contributed by atoms with Gasteiger partial charge in [-0.25, -0.2) is 4.39 Å². The van der Waals surface area contributed by atoms with Gasteiger partial charge >= 0.3 is 0 Å². The van der Waals surface area contributed by atoms with Gasteiger partial charge in [0.2, 0.25) is 0 Å². The zero-order valence-corrected chi connectivity index (χ0v) is 12.7. The van der Waals surface area contributed by atoms with Crippen LogP contribution >= 0.6 is 0 Å². The second-order valence-electron chi connectivity index (χ2n) is 5.91. The molecule has 2 nitrogen and oxygen atoms in total. The molecule has 19 heavy (non-hydrogen) atoms. The first-order valence-corrected chi connectivity index (χ1v) is 7.05. The second kappa shape index (κ2) is 6.90. The van der Waals surface area contributed by atoms with Gasteiger partial charge in [0, 0.05) is 17.6 Å². The van der Waals surface area contributed by atoms with Crippen LogP contribution in [0.5, 0.6) is 5.75 Å². The molecule has 0 radical (unpaired) electrons. The van der Waals surface area contributed by atoms with Crippen molar-refractivity contribution in [3.63, 3.8) is 0 Å². The Labute approximate surface area is 116 Å². The maximum absolute atomic E-state index is 13.4. The van der Waals surface area contributed by atoms with Crippen LogP contribution in [0.1, 0.15) is 53.0 Å². The summed E-state index contributed by atoms with van der Waals surface area (Å²) in [7, 11) is 0. The minimum atomic E-state index is -0.220. The van der Waals surface area contributed by atoms with Crippen molar-refractivity contribution in [1.82, 2.24) is 5.32 Å². The Kier molecular flexibility index (Phi) is 5.80. The molecule has 1 rings (SSSR count). The molecule has 0 saturated carbocycles. The average molecular weight is 267 g/mol. The van der Waals surface area contributed by atoms with Gasteiger partial charge in [0.15, 0.2) is 0 Å². The highest BCUT2D eigenvalue weighted by atomic mass is 19.1. The minimum Gasteiger partial charge on any atom is -0.490 e. The third-order valence-corrected chi connectivity index (χ3v) is 3.04. The van der Waals surface area contributed by atoms with Crippen molar-refractivity contribution in [2.24, 2.45) is 0 Å². The van der Waals surface area contributed by atoms with Crippen molar-refractivity contribution in [2.75, 3.05) is 0 Å². The van der Waals surface area contributed by atoms with Gasteiger partial charge in [0.25, 0.3) is 0 Å². The van der Waals surface area contributed by atoms with E-state index in [1.807, 2.05) is 0 Å². The Morgan fingerprint density at radius 2 is 1.84 bits per heavy atom. The van der Waals surface area contributed by atoms with Crippen LogP contribution in [0.15, 0.2) is 18.2 Å². The van der Waals surface area contributed by atoms with Crippen molar-refractivity contribution >= 4 is 0 Å². The third kappa shape index (κ3) is 5.60. The molecular formula is C16H26FNO. The number of ether oxygens (including phenoxy) is 1. The Balaban J connectivity index is 2.85. The summed E-state index contributed by atoms with van der Waals surface area (Å²) in [4.78, 5) is 0. The van der Waals surface area contributed by atoms with E-state index >= 15 is 0 Å². The lowest BCUT2D eigenvalue weighted by Gasteiger charge is -2.23. The van der Waals surface area contributed by atoms with Crippen LogP contribution in [0.3, 0.4) is 0 Å². The van der Waals surface area contributed by atoms with Gasteiger partial charge in [-0.05, 0) is 51.8 Å². The van der Waals surface area contributed by atoms with Crippen LogP contribution < -0.4 is 10.1 Å². The number of nitrogens with one attached hydrogen (secondary N) is 1. The smallest absolute Gasteiger partial charge is 0.124 e. The SMILES string of the molecule is CCC(CC)Oc1ccc(F)cc1CNC(C)(C)C. The van der Waals surface area contributed by atoms with Crippen LogP contribution in [0.25, 0.3) is 0 Å². The number of hydrogen-bond donors (Lipinski definition) is 1. The van der Waals surface area contributed by atoms with E-state index < -0.39 is 0 Å². The third-order valence-electron chi connectivity index (χ3n) is 3.04. The molecule has 0 unspecified atom stereocenters. The number of halogens is 1. The lowest BCUT2D eigenvalue weighted by molar-refractivity contribution is 0.190. The maximum Gasteiger partial charge on any atom is 0.124 e. The van der Waals surface area contributed by atoms with Gasteiger partial charge < -0.3 is 10.1 Å². The summed E-state index contributed by atoms with van der Waals surface area (Å²) < 4.78 is 19.3. The molecule has 0 aliphatic rings. The molecule has 3 heteroatoms. The lowest BCUT2D eigenvalue weighted by atomic mass is 10.1. The van der Waals surface area contributed by atoms with E-state index in [1.54, 1.807) is 12.1 Å². The molecular weight excluding hydrogens is 241 g/mol. The molecule has 0 atom stereocenters. The fourth-order valence-corrected chi connectivity index (χ4v) is 1.80. The highest BCUT2D eigenvalue weighted by molar-refractivity contribution is 5.34. The molecule has 1 aromatic carbocycles. The summed E-state index contributed by atoms with van der Waals surface area (Å²) in [6.07, 6.45) is 2.11. The molecule has 0 spiro atoms. The molecule has 0 aliphatic carbocycles. The summed E-state index contributed by atoms with van der Waals surface area (Å²) in [6.45, 7) is 11.1. The molecule has 0 aromatic heterocycles. The molecule has 1 aromatic rings. The van der Waals surface area contributed by atoms with Crippen LogP contribution in [0.4, 0.5) is 4.39 Å². The highest BCUT2D eigenvalue weighted by Gasteiger charge is 2.14. The quantitative estimate of drug-likeness (QED) is 0.830. The molecule has 0 bridgehead atoms. The van der Waals surface area contributed by atoms with Gasteiger partial charge in [0.1, 0.15) is 11.6 Å². The number of rotatable bonds is 6. The van der Waals surface area contributed by atoms with E-state index in [0.717, 1.165) is 24.2 Å².